The molecule has 6 heteroatoms. The van der Waals surface area contributed by atoms with Crippen molar-refractivity contribution < 1.29 is 13.6 Å². The van der Waals surface area contributed by atoms with Crippen LogP contribution in [0.15, 0.2) is 12.2 Å². The van der Waals surface area contributed by atoms with Crippen molar-refractivity contribution in [3.05, 3.63) is 12.2 Å². The van der Waals surface area contributed by atoms with Crippen LogP contribution >= 0.6 is 39.5 Å². The molecule has 0 aromatic rings. The van der Waals surface area contributed by atoms with Crippen LogP contribution in [0.3, 0.4) is 0 Å². The average Bonchev–Trinajstić information content (AvgIpc) is 2.11. The number of hydrogen-bond acceptors (Lipinski definition) is 3. The van der Waals surface area contributed by atoms with Crippen LogP contribution < -0.4 is 0 Å². The van der Waals surface area contributed by atoms with Crippen molar-refractivity contribution in [2.45, 2.75) is 6.92 Å². The molecule has 0 saturated heterocycles. The van der Waals surface area contributed by atoms with Gasteiger partial charge in [0.05, 0.1) is 19.4 Å². The van der Waals surface area contributed by atoms with Gasteiger partial charge in [0, 0.05) is 10.7 Å². The van der Waals surface area contributed by atoms with Crippen LogP contribution in [0.2, 0.25) is 0 Å². The molecule has 0 atom stereocenters. The Morgan fingerprint density at radius 1 is 1.29 bits per heavy atom. The third-order valence-corrected chi connectivity index (χ3v) is 3.92. The summed E-state index contributed by atoms with van der Waals surface area (Å²) < 4.78 is 22.4. The fourth-order valence-electron chi connectivity index (χ4n) is 0.806. The van der Waals surface area contributed by atoms with Crippen LogP contribution in [0.4, 0.5) is 0 Å². The largest absolute Gasteiger partial charge is 0.334 e. The molecule has 0 aliphatic carbocycles. The predicted octanol–water partition coefficient (Wildman–Crippen LogP) is 3.58. The molecule has 0 aliphatic rings. The van der Waals surface area contributed by atoms with Gasteiger partial charge in [0.1, 0.15) is 0 Å². The Morgan fingerprint density at radius 3 is 2.00 bits per heavy atom. The smallest absolute Gasteiger partial charge is 0.307 e. The Morgan fingerprint density at radius 2 is 1.71 bits per heavy atom. The number of alkyl halides is 2. The maximum atomic E-state index is 12.0. The van der Waals surface area contributed by atoms with Crippen molar-refractivity contribution in [3.63, 3.8) is 0 Å². The van der Waals surface area contributed by atoms with Gasteiger partial charge >= 0.3 is 7.60 Å². The van der Waals surface area contributed by atoms with E-state index in [0.717, 1.165) is 5.57 Å². The molecule has 84 valence electrons. The zero-order chi connectivity index (χ0) is 11.0. The molecule has 0 N–H and O–H groups in total. The first-order valence-corrected chi connectivity index (χ1v) is 8.15. The molecule has 0 aliphatic heterocycles. The van der Waals surface area contributed by atoms with E-state index in [4.69, 9.17) is 9.05 Å². The van der Waals surface area contributed by atoms with Gasteiger partial charge in [-0.05, 0) is 6.92 Å². The van der Waals surface area contributed by atoms with Crippen LogP contribution in [-0.4, -0.2) is 30.0 Å². The summed E-state index contributed by atoms with van der Waals surface area (Å²) in [4.78, 5) is 0. The summed E-state index contributed by atoms with van der Waals surface area (Å²) in [6, 6.07) is 0. The van der Waals surface area contributed by atoms with E-state index in [1.165, 1.54) is 0 Å². The van der Waals surface area contributed by atoms with E-state index in [-0.39, 0.29) is 6.16 Å². The minimum Gasteiger partial charge on any atom is -0.307 e. The standard InChI is InChI=1S/C8H15Br2O3P/c1-8(2)7-14(11,12-5-3-9)13-6-4-10/h1,3-7H2,2H3. The first-order valence-electron chi connectivity index (χ1n) is 4.18. The molecule has 0 fully saturated rings. The highest BCUT2D eigenvalue weighted by atomic mass is 79.9. The van der Waals surface area contributed by atoms with E-state index >= 15 is 0 Å². The summed E-state index contributed by atoms with van der Waals surface area (Å²) in [5, 5.41) is 1.29. The predicted molar refractivity (Wildman–Crippen MR) is 66.8 cm³/mol. The van der Waals surface area contributed by atoms with Gasteiger partial charge in [0.15, 0.2) is 0 Å². The number of hydrogen-bond donors (Lipinski definition) is 0. The van der Waals surface area contributed by atoms with Crippen LogP contribution in [0.5, 0.6) is 0 Å². The lowest BCUT2D eigenvalue weighted by Crippen LogP contribution is -2.04. The number of rotatable bonds is 8. The van der Waals surface area contributed by atoms with Gasteiger partial charge in [-0.3, -0.25) is 4.57 Å². The molecule has 0 saturated carbocycles. The summed E-state index contributed by atoms with van der Waals surface area (Å²) in [5.41, 5.74) is 0.803. The lowest BCUT2D eigenvalue weighted by molar-refractivity contribution is 0.225. The van der Waals surface area contributed by atoms with Gasteiger partial charge in [-0.25, -0.2) is 0 Å². The SMILES string of the molecule is C=C(C)CP(=O)(OCCBr)OCCBr. The molecule has 3 nitrogen and oxygen atoms in total. The molecular weight excluding hydrogens is 335 g/mol. The Hall–Kier alpha value is 0.850. The molecular formula is C8H15Br2O3P. The molecule has 0 rings (SSSR count). The molecule has 0 aromatic heterocycles. The van der Waals surface area contributed by atoms with Crippen LogP contribution in [-0.2, 0) is 13.6 Å². The summed E-state index contributed by atoms with van der Waals surface area (Å²) in [6.45, 7) is 6.27. The van der Waals surface area contributed by atoms with Crippen molar-refractivity contribution in [1.82, 2.24) is 0 Å². The van der Waals surface area contributed by atoms with Crippen molar-refractivity contribution in [1.29, 1.82) is 0 Å². The topological polar surface area (TPSA) is 35.5 Å². The summed E-state index contributed by atoms with van der Waals surface area (Å²) in [5.74, 6) is 0. The maximum Gasteiger partial charge on any atom is 0.334 e. The third-order valence-electron chi connectivity index (χ3n) is 1.19. The summed E-state index contributed by atoms with van der Waals surface area (Å²) in [7, 11) is -2.97. The molecule has 0 unspecified atom stereocenters. The monoisotopic (exact) mass is 348 g/mol. The first kappa shape index (κ1) is 14.8. The van der Waals surface area contributed by atoms with E-state index in [1.807, 2.05) is 6.92 Å². The van der Waals surface area contributed by atoms with E-state index in [1.54, 1.807) is 0 Å². The maximum absolute atomic E-state index is 12.0. The van der Waals surface area contributed by atoms with E-state index in [2.05, 4.69) is 38.4 Å². The number of halogens is 2. The second kappa shape index (κ2) is 8.05. The van der Waals surface area contributed by atoms with Gasteiger partial charge in [0.25, 0.3) is 0 Å². The Kier molecular flexibility index (Phi) is 8.54. The normalized spacial score (nSPS) is 11.6. The second-order valence-corrected chi connectivity index (χ2v) is 6.41. The van der Waals surface area contributed by atoms with Crippen LogP contribution in [0.1, 0.15) is 6.92 Å². The molecule has 0 spiro atoms. The van der Waals surface area contributed by atoms with Gasteiger partial charge < -0.3 is 9.05 Å². The van der Waals surface area contributed by atoms with Crippen molar-refractivity contribution in [2.24, 2.45) is 0 Å². The Balaban J connectivity index is 4.18. The van der Waals surface area contributed by atoms with E-state index < -0.39 is 7.60 Å². The fraction of sp³-hybridized carbons (Fsp3) is 0.750. The first-order chi connectivity index (χ1) is 6.54. The molecule has 0 heterocycles. The molecule has 0 radical (unpaired) electrons. The minimum atomic E-state index is -2.97. The highest BCUT2D eigenvalue weighted by Gasteiger charge is 2.23. The highest BCUT2D eigenvalue weighted by Crippen LogP contribution is 2.49. The quantitative estimate of drug-likeness (QED) is 0.381. The lowest BCUT2D eigenvalue weighted by Gasteiger charge is -2.17. The zero-order valence-corrected chi connectivity index (χ0v) is 12.2. The summed E-state index contributed by atoms with van der Waals surface area (Å²) in [6.07, 6.45) is 0.285. The van der Waals surface area contributed by atoms with Crippen LogP contribution in [0.25, 0.3) is 0 Å². The van der Waals surface area contributed by atoms with Crippen molar-refractivity contribution >= 4 is 39.5 Å². The van der Waals surface area contributed by atoms with Gasteiger partial charge in [-0.2, -0.15) is 0 Å². The van der Waals surface area contributed by atoms with Gasteiger partial charge in [-0.1, -0.05) is 44.0 Å². The lowest BCUT2D eigenvalue weighted by atomic mass is 10.4. The van der Waals surface area contributed by atoms with Crippen LogP contribution in [0, 0.1) is 0 Å². The summed E-state index contributed by atoms with van der Waals surface area (Å²) >= 11 is 6.41. The van der Waals surface area contributed by atoms with E-state index in [9.17, 15) is 4.57 Å². The fourth-order valence-corrected chi connectivity index (χ4v) is 3.29. The molecule has 14 heavy (non-hydrogen) atoms. The van der Waals surface area contributed by atoms with Crippen molar-refractivity contribution in [3.8, 4) is 0 Å². The average molecular weight is 350 g/mol. The second-order valence-electron chi connectivity index (χ2n) is 2.77. The Bertz CT molecular complexity index is 209. The minimum absolute atomic E-state index is 0.285. The zero-order valence-electron chi connectivity index (χ0n) is 8.17. The number of allylic oxidation sites excluding steroid dienone is 1. The Labute approximate surface area is 102 Å². The van der Waals surface area contributed by atoms with Gasteiger partial charge in [-0.15, -0.1) is 0 Å². The molecule has 0 amide bonds. The third kappa shape index (κ3) is 7.18. The molecule has 0 aromatic carbocycles. The highest BCUT2D eigenvalue weighted by molar-refractivity contribution is 9.09. The van der Waals surface area contributed by atoms with E-state index in [0.29, 0.717) is 23.9 Å². The van der Waals surface area contributed by atoms with Crippen molar-refractivity contribution in [2.75, 3.05) is 30.0 Å². The molecule has 0 bridgehead atoms. The van der Waals surface area contributed by atoms with Gasteiger partial charge in [0.2, 0.25) is 0 Å².